The summed E-state index contributed by atoms with van der Waals surface area (Å²) in [6, 6.07) is 3.45. The Morgan fingerprint density at radius 1 is 1.41 bits per heavy atom. The van der Waals surface area contributed by atoms with Crippen molar-refractivity contribution in [1.29, 1.82) is 0 Å². The van der Waals surface area contributed by atoms with E-state index in [0.29, 0.717) is 25.3 Å². The molecule has 0 aliphatic carbocycles. The van der Waals surface area contributed by atoms with Gasteiger partial charge < -0.3 is 15.5 Å². The number of anilines is 1. The van der Waals surface area contributed by atoms with Crippen LogP contribution in [0.15, 0.2) is 18.3 Å². The van der Waals surface area contributed by atoms with Crippen molar-refractivity contribution in [3.8, 4) is 0 Å². The summed E-state index contributed by atoms with van der Waals surface area (Å²) in [7, 11) is 0. The summed E-state index contributed by atoms with van der Waals surface area (Å²) in [5.41, 5.74) is 6.48. The maximum absolute atomic E-state index is 12.2. The topological polar surface area (TPSA) is 88.8 Å². The lowest BCUT2D eigenvalue weighted by molar-refractivity contribution is -0.208. The molecule has 0 saturated carbocycles. The lowest BCUT2D eigenvalue weighted by Crippen LogP contribution is -2.51. The third kappa shape index (κ3) is 4.17. The van der Waals surface area contributed by atoms with E-state index in [-0.39, 0.29) is 18.4 Å². The minimum Gasteiger partial charge on any atom is -0.399 e. The molecule has 2 rings (SSSR count). The highest BCUT2D eigenvalue weighted by molar-refractivity contribution is 5.79. The Kier molecular flexibility index (Phi) is 4.65. The van der Waals surface area contributed by atoms with E-state index in [0.717, 1.165) is 5.69 Å². The molecular weight excluding hydrogens is 284 g/mol. The Morgan fingerprint density at radius 2 is 2.14 bits per heavy atom. The number of hydrogen-bond donors (Lipinski definition) is 1. The number of nitrogens with two attached hydrogens (primary N) is 1. The zero-order valence-electron chi connectivity index (χ0n) is 13.2. The summed E-state index contributed by atoms with van der Waals surface area (Å²) in [6.07, 6.45) is 1.62. The molecule has 1 aliphatic rings. The predicted octanol–water partition coefficient (Wildman–Crippen LogP) is 0.812. The number of nitrogens with zero attached hydrogens (tertiary/aromatic N) is 3. The average Bonchev–Trinajstić information content (AvgIpc) is 2.41. The van der Waals surface area contributed by atoms with Gasteiger partial charge in [0.2, 0.25) is 5.91 Å². The average molecular weight is 306 g/mol. The fourth-order valence-electron chi connectivity index (χ4n) is 1.97. The number of hydrogen-bond acceptors (Lipinski definition) is 6. The molecule has 1 fully saturated rings. The van der Waals surface area contributed by atoms with Crippen LogP contribution >= 0.6 is 0 Å². The number of amides is 1. The molecule has 1 aliphatic heterocycles. The first-order chi connectivity index (χ1) is 10.3. The van der Waals surface area contributed by atoms with E-state index in [1.165, 1.54) is 5.06 Å². The van der Waals surface area contributed by atoms with E-state index in [9.17, 15) is 9.59 Å². The summed E-state index contributed by atoms with van der Waals surface area (Å²) in [5.74, 6) is -0.441. The molecule has 1 aromatic heterocycles. The molecule has 2 heterocycles. The van der Waals surface area contributed by atoms with Crippen molar-refractivity contribution in [2.75, 3.05) is 25.4 Å². The van der Waals surface area contributed by atoms with Crippen LogP contribution < -0.4 is 5.73 Å². The standard InChI is InChI=1S/C15H22N4O3/c1-15(2,3)14(21)22-19-7-6-18(13(20)10-19)9-12-8-11(16)4-5-17-12/h4-5,8H,6-7,9-10H2,1-3H3,(H2,16,17). The summed E-state index contributed by atoms with van der Waals surface area (Å²) in [5, 5.41) is 1.42. The minimum absolute atomic E-state index is 0.0597. The Morgan fingerprint density at radius 3 is 2.73 bits per heavy atom. The SMILES string of the molecule is CC(C)(C)C(=O)ON1CCN(Cc2cc(N)ccn2)C(=O)C1. The second-order valence-corrected chi connectivity index (χ2v) is 6.39. The van der Waals surface area contributed by atoms with Gasteiger partial charge in [0.05, 0.1) is 24.2 Å². The van der Waals surface area contributed by atoms with E-state index in [4.69, 9.17) is 10.6 Å². The number of nitrogen functional groups attached to an aromatic ring is 1. The molecule has 0 atom stereocenters. The molecule has 7 heteroatoms. The van der Waals surface area contributed by atoms with E-state index >= 15 is 0 Å². The quantitative estimate of drug-likeness (QED) is 0.889. The Hall–Kier alpha value is -2.15. The Labute approximate surface area is 130 Å². The maximum Gasteiger partial charge on any atom is 0.330 e. The fourth-order valence-corrected chi connectivity index (χ4v) is 1.97. The van der Waals surface area contributed by atoms with Gasteiger partial charge in [-0.25, -0.2) is 4.79 Å². The van der Waals surface area contributed by atoms with E-state index in [2.05, 4.69) is 4.98 Å². The van der Waals surface area contributed by atoms with Crippen LogP contribution in [-0.2, 0) is 21.0 Å². The molecule has 1 amide bonds. The second kappa shape index (κ2) is 6.31. The number of carbonyl (C=O) groups is 2. The summed E-state index contributed by atoms with van der Waals surface area (Å²) in [6.45, 7) is 6.76. The van der Waals surface area contributed by atoms with E-state index < -0.39 is 5.41 Å². The number of hydroxylamine groups is 2. The van der Waals surface area contributed by atoms with Crippen LogP contribution in [0.3, 0.4) is 0 Å². The second-order valence-electron chi connectivity index (χ2n) is 6.39. The van der Waals surface area contributed by atoms with Gasteiger partial charge in [0.15, 0.2) is 0 Å². The van der Waals surface area contributed by atoms with Crippen molar-refractivity contribution < 1.29 is 14.4 Å². The van der Waals surface area contributed by atoms with Crippen molar-refractivity contribution in [3.63, 3.8) is 0 Å². The summed E-state index contributed by atoms with van der Waals surface area (Å²) < 4.78 is 0. The first kappa shape index (κ1) is 16.2. The number of piperazine rings is 1. The lowest BCUT2D eigenvalue weighted by Gasteiger charge is -2.34. The largest absolute Gasteiger partial charge is 0.399 e. The zero-order valence-corrected chi connectivity index (χ0v) is 13.2. The number of rotatable bonds is 3. The van der Waals surface area contributed by atoms with Crippen LogP contribution in [0.4, 0.5) is 5.69 Å². The highest BCUT2D eigenvalue weighted by Gasteiger charge is 2.30. The molecule has 120 valence electrons. The first-order valence-corrected chi connectivity index (χ1v) is 7.21. The molecule has 22 heavy (non-hydrogen) atoms. The van der Waals surface area contributed by atoms with Gasteiger partial charge in [-0.1, -0.05) is 0 Å². The molecule has 1 saturated heterocycles. The minimum atomic E-state index is -0.592. The lowest BCUT2D eigenvalue weighted by atomic mass is 9.98. The van der Waals surface area contributed by atoms with Gasteiger partial charge in [0.25, 0.3) is 0 Å². The summed E-state index contributed by atoms with van der Waals surface area (Å²) in [4.78, 5) is 35.1. The van der Waals surface area contributed by atoms with Crippen LogP contribution in [0.2, 0.25) is 0 Å². The van der Waals surface area contributed by atoms with Crippen LogP contribution in [0.1, 0.15) is 26.5 Å². The van der Waals surface area contributed by atoms with Gasteiger partial charge in [-0.15, -0.1) is 5.06 Å². The van der Waals surface area contributed by atoms with Crippen LogP contribution in [0.25, 0.3) is 0 Å². The van der Waals surface area contributed by atoms with Crippen molar-refractivity contribution >= 4 is 17.6 Å². The smallest absolute Gasteiger partial charge is 0.330 e. The highest BCUT2D eigenvalue weighted by atomic mass is 16.7. The third-order valence-corrected chi connectivity index (χ3v) is 3.30. The van der Waals surface area contributed by atoms with Crippen LogP contribution in [0.5, 0.6) is 0 Å². The van der Waals surface area contributed by atoms with Gasteiger partial charge in [0, 0.05) is 18.4 Å². The van der Waals surface area contributed by atoms with Crippen molar-refractivity contribution in [2.45, 2.75) is 27.3 Å². The van der Waals surface area contributed by atoms with Gasteiger partial charge in [0.1, 0.15) is 6.54 Å². The molecule has 0 aromatic carbocycles. The van der Waals surface area contributed by atoms with Crippen molar-refractivity contribution in [2.24, 2.45) is 5.41 Å². The van der Waals surface area contributed by atoms with Gasteiger partial charge in [-0.2, -0.15) is 0 Å². The molecule has 0 radical (unpaired) electrons. The van der Waals surface area contributed by atoms with E-state index in [1.807, 2.05) is 0 Å². The molecule has 0 bridgehead atoms. The number of carbonyl (C=O) groups excluding carboxylic acids is 2. The maximum atomic E-state index is 12.2. The Balaban J connectivity index is 1.90. The molecule has 7 nitrogen and oxygen atoms in total. The monoisotopic (exact) mass is 306 g/mol. The molecule has 2 N–H and O–H groups in total. The fraction of sp³-hybridized carbons (Fsp3) is 0.533. The van der Waals surface area contributed by atoms with Crippen LogP contribution in [0, 0.1) is 5.41 Å². The predicted molar refractivity (Wildman–Crippen MR) is 81.2 cm³/mol. The highest BCUT2D eigenvalue weighted by Crippen LogP contribution is 2.17. The third-order valence-electron chi connectivity index (χ3n) is 3.30. The van der Waals surface area contributed by atoms with Gasteiger partial charge >= 0.3 is 5.97 Å². The Bertz CT molecular complexity index is 568. The number of aromatic nitrogens is 1. The molecular formula is C15H22N4O3. The van der Waals surface area contributed by atoms with Gasteiger partial charge in [-0.05, 0) is 32.9 Å². The zero-order chi connectivity index (χ0) is 16.3. The molecule has 1 aromatic rings. The molecule has 0 spiro atoms. The van der Waals surface area contributed by atoms with Crippen molar-refractivity contribution in [1.82, 2.24) is 14.9 Å². The van der Waals surface area contributed by atoms with E-state index in [1.54, 1.807) is 44.0 Å². The molecule has 0 unspecified atom stereocenters. The first-order valence-electron chi connectivity index (χ1n) is 7.21. The normalized spacial score (nSPS) is 16.7. The van der Waals surface area contributed by atoms with Crippen molar-refractivity contribution in [3.05, 3.63) is 24.0 Å². The number of pyridine rings is 1. The van der Waals surface area contributed by atoms with Crippen LogP contribution in [-0.4, -0.2) is 46.5 Å². The van der Waals surface area contributed by atoms with Gasteiger partial charge in [-0.3, -0.25) is 9.78 Å². The summed E-state index contributed by atoms with van der Waals surface area (Å²) >= 11 is 0.